The highest BCUT2D eigenvalue weighted by molar-refractivity contribution is 6.07. The standard InChI is InChI=1S/C33H30F2N4O/c1-32(2,3)19-20-18-28(33(4,5)27-15-9-12-24(36-27)23-16-17-29(34)37-31(23)35)38-39(20)25-13-8-11-22-21-10-6-7-14-26(21)40-30(22)25/h6-18H,19H2,1-5H3. The summed E-state index contributed by atoms with van der Waals surface area (Å²) in [5.41, 5.74) is 4.98. The first kappa shape index (κ1) is 25.9. The van der Waals surface area contributed by atoms with Crippen LogP contribution >= 0.6 is 0 Å². The molecule has 202 valence electrons. The summed E-state index contributed by atoms with van der Waals surface area (Å²) >= 11 is 0. The van der Waals surface area contributed by atoms with Gasteiger partial charge in [-0.25, -0.2) is 4.68 Å². The van der Waals surface area contributed by atoms with E-state index >= 15 is 0 Å². The molecule has 0 atom stereocenters. The summed E-state index contributed by atoms with van der Waals surface area (Å²) in [6, 6.07) is 24.2. The number of fused-ring (bicyclic) bond motifs is 3. The van der Waals surface area contributed by atoms with E-state index in [0.717, 1.165) is 51.5 Å². The topological polar surface area (TPSA) is 56.7 Å². The molecule has 4 heterocycles. The summed E-state index contributed by atoms with van der Waals surface area (Å²) in [5.74, 6) is -1.76. The number of nitrogens with zero attached hydrogens (tertiary/aromatic N) is 4. The SMILES string of the molecule is CC(C)(C)Cc1cc(C(C)(C)c2cccc(-c3ccc(F)nc3F)n2)nn1-c1cccc2c1oc1ccccc12. The molecule has 0 saturated heterocycles. The molecule has 7 heteroatoms. The number of aromatic nitrogens is 4. The quantitative estimate of drug-likeness (QED) is 0.208. The van der Waals surface area contributed by atoms with Crippen molar-refractivity contribution >= 4 is 21.9 Å². The normalized spacial score (nSPS) is 12.5. The van der Waals surface area contributed by atoms with E-state index in [1.54, 1.807) is 6.07 Å². The molecule has 0 bridgehead atoms. The van der Waals surface area contributed by atoms with Crippen LogP contribution in [0.25, 0.3) is 38.9 Å². The van der Waals surface area contributed by atoms with E-state index in [9.17, 15) is 8.78 Å². The maximum atomic E-state index is 14.5. The molecule has 0 N–H and O–H groups in total. The van der Waals surface area contributed by atoms with Crippen LogP contribution in [0.15, 0.2) is 83.3 Å². The second-order valence-electron chi connectivity index (χ2n) is 11.9. The molecule has 6 aromatic rings. The fourth-order valence-electron chi connectivity index (χ4n) is 5.17. The highest BCUT2D eigenvalue weighted by atomic mass is 19.1. The molecule has 0 aliphatic carbocycles. The van der Waals surface area contributed by atoms with Crippen molar-refractivity contribution in [1.29, 1.82) is 0 Å². The van der Waals surface area contributed by atoms with Crippen molar-refractivity contribution in [3.8, 4) is 16.9 Å². The Bertz CT molecular complexity index is 1880. The van der Waals surface area contributed by atoms with Crippen LogP contribution in [0.4, 0.5) is 8.78 Å². The van der Waals surface area contributed by atoms with Gasteiger partial charge < -0.3 is 4.42 Å². The first-order chi connectivity index (χ1) is 19.0. The predicted octanol–water partition coefficient (Wildman–Crippen LogP) is 8.42. The molecule has 0 fully saturated rings. The Balaban J connectivity index is 1.50. The Labute approximate surface area is 231 Å². The molecule has 0 aliphatic rings. The van der Waals surface area contributed by atoms with Gasteiger partial charge in [0.2, 0.25) is 11.9 Å². The molecule has 0 unspecified atom stereocenters. The number of rotatable bonds is 5. The maximum absolute atomic E-state index is 14.5. The van der Waals surface area contributed by atoms with Gasteiger partial charge in [0.05, 0.1) is 28.1 Å². The fourth-order valence-corrected chi connectivity index (χ4v) is 5.17. The lowest BCUT2D eigenvalue weighted by Gasteiger charge is -2.22. The Morgan fingerprint density at radius 2 is 1.52 bits per heavy atom. The van der Waals surface area contributed by atoms with E-state index in [4.69, 9.17) is 14.5 Å². The predicted molar refractivity (Wildman–Crippen MR) is 154 cm³/mol. The van der Waals surface area contributed by atoms with Gasteiger partial charge in [-0.2, -0.15) is 18.9 Å². The third-order valence-electron chi connectivity index (χ3n) is 7.23. The average molecular weight is 537 g/mol. The van der Waals surface area contributed by atoms with Crippen LogP contribution < -0.4 is 0 Å². The molecule has 0 radical (unpaired) electrons. The molecule has 40 heavy (non-hydrogen) atoms. The average Bonchev–Trinajstić information content (AvgIpc) is 3.49. The van der Waals surface area contributed by atoms with Crippen molar-refractivity contribution in [2.45, 2.75) is 46.5 Å². The van der Waals surface area contributed by atoms with E-state index in [0.29, 0.717) is 11.4 Å². The monoisotopic (exact) mass is 536 g/mol. The van der Waals surface area contributed by atoms with Crippen LogP contribution in [0, 0.1) is 17.3 Å². The summed E-state index contributed by atoms with van der Waals surface area (Å²) in [4.78, 5) is 8.10. The van der Waals surface area contributed by atoms with Crippen molar-refractivity contribution in [3.05, 3.63) is 108 Å². The zero-order valence-corrected chi connectivity index (χ0v) is 23.2. The lowest BCUT2D eigenvalue weighted by Crippen LogP contribution is -2.22. The number of halogens is 2. The van der Waals surface area contributed by atoms with Crippen LogP contribution in [0.3, 0.4) is 0 Å². The number of pyridine rings is 2. The molecule has 6 rings (SSSR count). The van der Waals surface area contributed by atoms with Gasteiger partial charge in [0, 0.05) is 16.5 Å². The van der Waals surface area contributed by atoms with Crippen molar-refractivity contribution in [2.24, 2.45) is 5.41 Å². The van der Waals surface area contributed by atoms with Gasteiger partial charge in [0.25, 0.3) is 0 Å². The Kier molecular flexibility index (Phi) is 6.06. The summed E-state index contributed by atoms with van der Waals surface area (Å²) < 4.78 is 36.2. The molecular weight excluding hydrogens is 506 g/mol. The molecular formula is C33H30F2N4O. The van der Waals surface area contributed by atoms with E-state index in [-0.39, 0.29) is 11.0 Å². The van der Waals surface area contributed by atoms with Gasteiger partial charge in [-0.15, -0.1) is 0 Å². The van der Waals surface area contributed by atoms with Crippen molar-refractivity contribution in [2.75, 3.05) is 0 Å². The minimum absolute atomic E-state index is 0.00620. The number of benzene rings is 2. The van der Waals surface area contributed by atoms with E-state index < -0.39 is 17.3 Å². The van der Waals surface area contributed by atoms with E-state index in [1.807, 2.05) is 61.0 Å². The zero-order valence-electron chi connectivity index (χ0n) is 23.2. The van der Waals surface area contributed by atoms with Gasteiger partial charge in [0.1, 0.15) is 11.3 Å². The molecule has 2 aromatic carbocycles. The van der Waals surface area contributed by atoms with Crippen molar-refractivity contribution in [1.82, 2.24) is 19.7 Å². The van der Waals surface area contributed by atoms with Crippen LogP contribution in [0.5, 0.6) is 0 Å². The largest absolute Gasteiger partial charge is 0.454 e. The van der Waals surface area contributed by atoms with Gasteiger partial charge in [-0.05, 0) is 68.1 Å². The first-order valence-electron chi connectivity index (χ1n) is 13.3. The second kappa shape index (κ2) is 9.37. The number of furan rings is 1. The molecule has 0 amide bonds. The summed E-state index contributed by atoms with van der Waals surface area (Å²) in [7, 11) is 0. The number of para-hydroxylation sites is 2. The highest BCUT2D eigenvalue weighted by Gasteiger charge is 2.31. The van der Waals surface area contributed by atoms with Crippen molar-refractivity contribution < 1.29 is 13.2 Å². The van der Waals surface area contributed by atoms with Crippen LogP contribution in [-0.2, 0) is 11.8 Å². The van der Waals surface area contributed by atoms with Crippen LogP contribution in [0.2, 0.25) is 0 Å². The molecule has 0 saturated carbocycles. The minimum atomic E-state index is -0.891. The third-order valence-corrected chi connectivity index (χ3v) is 7.23. The molecule has 0 aliphatic heterocycles. The second-order valence-corrected chi connectivity index (χ2v) is 11.9. The maximum Gasteiger partial charge on any atom is 0.224 e. The lowest BCUT2D eigenvalue weighted by molar-refractivity contribution is 0.401. The number of hydrogen-bond acceptors (Lipinski definition) is 4. The smallest absolute Gasteiger partial charge is 0.224 e. The van der Waals surface area contributed by atoms with E-state index in [2.05, 4.69) is 44.0 Å². The van der Waals surface area contributed by atoms with Gasteiger partial charge in [-0.1, -0.05) is 57.2 Å². The minimum Gasteiger partial charge on any atom is -0.454 e. The summed E-state index contributed by atoms with van der Waals surface area (Å²) in [6.45, 7) is 10.7. The van der Waals surface area contributed by atoms with Crippen LogP contribution in [-0.4, -0.2) is 19.7 Å². The Hall–Kier alpha value is -4.39. The highest BCUT2D eigenvalue weighted by Crippen LogP contribution is 2.37. The fraction of sp³-hybridized carbons (Fsp3) is 0.242. The Morgan fingerprint density at radius 3 is 2.30 bits per heavy atom. The zero-order chi connectivity index (χ0) is 28.2. The van der Waals surface area contributed by atoms with Crippen LogP contribution in [0.1, 0.15) is 51.7 Å². The Morgan fingerprint density at radius 1 is 0.775 bits per heavy atom. The number of hydrogen-bond donors (Lipinski definition) is 0. The molecule has 0 spiro atoms. The first-order valence-corrected chi connectivity index (χ1v) is 13.3. The van der Waals surface area contributed by atoms with Gasteiger partial charge in [0.15, 0.2) is 5.58 Å². The summed E-state index contributed by atoms with van der Waals surface area (Å²) in [5, 5.41) is 7.25. The van der Waals surface area contributed by atoms with Crippen molar-refractivity contribution in [3.63, 3.8) is 0 Å². The summed E-state index contributed by atoms with van der Waals surface area (Å²) in [6.07, 6.45) is 0.784. The third kappa shape index (κ3) is 4.55. The molecule has 5 nitrogen and oxygen atoms in total. The van der Waals surface area contributed by atoms with Gasteiger partial charge >= 0.3 is 0 Å². The molecule has 4 aromatic heterocycles. The van der Waals surface area contributed by atoms with E-state index in [1.165, 1.54) is 6.07 Å². The lowest BCUT2D eigenvalue weighted by atomic mass is 9.84. The van der Waals surface area contributed by atoms with Gasteiger partial charge in [-0.3, -0.25) is 4.98 Å².